The third kappa shape index (κ3) is 2.18. The van der Waals surface area contributed by atoms with Crippen molar-refractivity contribution in [1.82, 2.24) is 4.98 Å². The molecule has 0 bridgehead atoms. The zero-order valence-corrected chi connectivity index (χ0v) is 8.94. The van der Waals surface area contributed by atoms with Gasteiger partial charge in [0.05, 0.1) is 12.6 Å². The first-order chi connectivity index (χ1) is 7.29. The number of pyridine rings is 1. The normalized spacial score (nSPS) is 17.9. The van der Waals surface area contributed by atoms with Gasteiger partial charge in [-0.1, -0.05) is 0 Å². The van der Waals surface area contributed by atoms with E-state index in [1.54, 1.807) is 6.20 Å². The van der Waals surface area contributed by atoms with Gasteiger partial charge in [-0.05, 0) is 43.0 Å². The zero-order valence-electron chi connectivity index (χ0n) is 8.94. The average Bonchev–Trinajstić information content (AvgIpc) is 2.30. The smallest absolute Gasteiger partial charge is 0.113 e. The molecule has 3 nitrogen and oxygen atoms in total. The van der Waals surface area contributed by atoms with Crippen LogP contribution in [0.2, 0.25) is 0 Å². The highest BCUT2D eigenvalue weighted by molar-refractivity contribution is 5.30. The van der Waals surface area contributed by atoms with Crippen LogP contribution in [0, 0.1) is 6.92 Å². The Hall–Kier alpha value is -1.35. The Morgan fingerprint density at radius 1 is 1.53 bits per heavy atom. The molecule has 0 aromatic carbocycles. The van der Waals surface area contributed by atoms with Crippen molar-refractivity contribution in [3.05, 3.63) is 41.4 Å². The lowest BCUT2D eigenvalue weighted by atomic mass is 10.0. The largest absolute Gasteiger partial charge is 0.496 e. The molecule has 1 unspecified atom stereocenters. The summed E-state index contributed by atoms with van der Waals surface area (Å²) < 4.78 is 5.56. The molecule has 2 heterocycles. The second-order valence-corrected chi connectivity index (χ2v) is 3.81. The third-order valence-electron chi connectivity index (χ3n) is 2.67. The first kappa shape index (κ1) is 10.2. The molecule has 80 valence electrons. The van der Waals surface area contributed by atoms with Gasteiger partial charge < -0.3 is 10.5 Å². The summed E-state index contributed by atoms with van der Waals surface area (Å²) in [6.45, 7) is 2.80. The van der Waals surface area contributed by atoms with Crippen molar-refractivity contribution < 1.29 is 4.74 Å². The number of ether oxygens (including phenoxy) is 1. The third-order valence-corrected chi connectivity index (χ3v) is 2.67. The van der Waals surface area contributed by atoms with Crippen LogP contribution < -0.4 is 5.73 Å². The van der Waals surface area contributed by atoms with Crippen LogP contribution in [-0.4, -0.2) is 11.6 Å². The first-order valence-electron chi connectivity index (χ1n) is 5.28. The number of nitrogens with two attached hydrogens (primary N) is 1. The molecule has 0 saturated carbocycles. The molecule has 1 aliphatic rings. The maximum Gasteiger partial charge on any atom is 0.113 e. The Morgan fingerprint density at radius 3 is 3.07 bits per heavy atom. The highest BCUT2D eigenvalue weighted by Crippen LogP contribution is 2.25. The zero-order chi connectivity index (χ0) is 10.7. The number of nitrogens with zero attached hydrogens (tertiary/aromatic N) is 1. The molecule has 1 atom stereocenters. The van der Waals surface area contributed by atoms with Gasteiger partial charge in [0, 0.05) is 12.4 Å². The van der Waals surface area contributed by atoms with E-state index in [9.17, 15) is 0 Å². The topological polar surface area (TPSA) is 48.1 Å². The fourth-order valence-corrected chi connectivity index (χ4v) is 1.78. The van der Waals surface area contributed by atoms with Gasteiger partial charge in [0.15, 0.2) is 0 Å². The summed E-state index contributed by atoms with van der Waals surface area (Å²) in [5.41, 5.74) is 8.36. The lowest BCUT2D eigenvalue weighted by molar-refractivity contribution is 0.175. The van der Waals surface area contributed by atoms with Crippen molar-refractivity contribution in [3.8, 4) is 0 Å². The van der Waals surface area contributed by atoms with E-state index in [1.807, 2.05) is 19.2 Å². The van der Waals surface area contributed by atoms with Gasteiger partial charge in [0.2, 0.25) is 0 Å². The number of aromatic nitrogens is 1. The van der Waals surface area contributed by atoms with Crippen LogP contribution >= 0.6 is 0 Å². The Morgan fingerprint density at radius 2 is 2.40 bits per heavy atom. The summed E-state index contributed by atoms with van der Waals surface area (Å²) in [5, 5.41) is 0. The quantitative estimate of drug-likeness (QED) is 0.802. The molecule has 1 aromatic heterocycles. The van der Waals surface area contributed by atoms with Gasteiger partial charge in [0.25, 0.3) is 0 Å². The molecule has 0 spiro atoms. The standard InChI is InChI=1S/C12H16N2O/c1-9-8-14-6-5-10(9)12(13)11-4-2-3-7-15-11/h4-6,8,12H,2-3,7,13H2,1H3. The van der Waals surface area contributed by atoms with Crippen LogP contribution in [0.1, 0.15) is 30.0 Å². The van der Waals surface area contributed by atoms with Gasteiger partial charge in [-0.25, -0.2) is 0 Å². The van der Waals surface area contributed by atoms with Crippen molar-refractivity contribution in [2.75, 3.05) is 6.61 Å². The number of hydrogen-bond donors (Lipinski definition) is 1. The number of rotatable bonds is 2. The molecule has 0 saturated heterocycles. The summed E-state index contributed by atoms with van der Waals surface area (Å²) in [4.78, 5) is 4.06. The van der Waals surface area contributed by atoms with E-state index in [1.165, 1.54) is 0 Å². The van der Waals surface area contributed by atoms with Gasteiger partial charge in [0.1, 0.15) is 5.76 Å². The highest BCUT2D eigenvalue weighted by Gasteiger charge is 2.16. The summed E-state index contributed by atoms with van der Waals surface area (Å²) in [7, 11) is 0. The van der Waals surface area contributed by atoms with Gasteiger partial charge in [-0.2, -0.15) is 0 Å². The Bertz CT molecular complexity index is 374. The molecule has 15 heavy (non-hydrogen) atoms. The first-order valence-corrected chi connectivity index (χ1v) is 5.28. The SMILES string of the molecule is Cc1cnccc1C(N)C1=CCCCO1. The number of aryl methyl sites for hydroxylation is 1. The monoisotopic (exact) mass is 204 g/mol. The molecule has 1 aromatic rings. The van der Waals surface area contributed by atoms with Crippen LogP contribution in [0.3, 0.4) is 0 Å². The van der Waals surface area contributed by atoms with E-state index in [0.717, 1.165) is 36.3 Å². The fraction of sp³-hybridized carbons (Fsp3) is 0.417. The number of hydrogen-bond acceptors (Lipinski definition) is 3. The second-order valence-electron chi connectivity index (χ2n) is 3.81. The lowest BCUT2D eigenvalue weighted by Gasteiger charge is -2.21. The minimum absolute atomic E-state index is 0.145. The van der Waals surface area contributed by atoms with Crippen LogP contribution in [0.5, 0.6) is 0 Å². The molecule has 0 aliphatic carbocycles. The molecular weight excluding hydrogens is 188 g/mol. The van der Waals surface area contributed by atoms with Crippen molar-refractivity contribution in [2.24, 2.45) is 5.73 Å². The van der Waals surface area contributed by atoms with E-state index in [0.29, 0.717) is 0 Å². The van der Waals surface area contributed by atoms with Crippen molar-refractivity contribution in [3.63, 3.8) is 0 Å². The second kappa shape index (κ2) is 4.45. The highest BCUT2D eigenvalue weighted by atomic mass is 16.5. The van der Waals surface area contributed by atoms with Gasteiger partial charge in [-0.3, -0.25) is 4.98 Å². The minimum atomic E-state index is -0.145. The Balaban J connectivity index is 2.23. The summed E-state index contributed by atoms with van der Waals surface area (Å²) in [6.07, 6.45) is 7.84. The number of allylic oxidation sites excluding steroid dienone is 1. The van der Waals surface area contributed by atoms with E-state index >= 15 is 0 Å². The van der Waals surface area contributed by atoms with E-state index < -0.39 is 0 Å². The summed E-state index contributed by atoms with van der Waals surface area (Å²) >= 11 is 0. The molecule has 0 radical (unpaired) electrons. The Labute approximate surface area is 90.0 Å². The minimum Gasteiger partial charge on any atom is -0.496 e. The molecule has 3 heteroatoms. The average molecular weight is 204 g/mol. The molecule has 1 aliphatic heterocycles. The summed E-state index contributed by atoms with van der Waals surface area (Å²) in [5.74, 6) is 0.899. The molecule has 0 amide bonds. The summed E-state index contributed by atoms with van der Waals surface area (Å²) in [6, 6.07) is 1.81. The lowest BCUT2D eigenvalue weighted by Crippen LogP contribution is -2.18. The molecule has 0 fully saturated rings. The van der Waals surface area contributed by atoms with Crippen molar-refractivity contribution in [1.29, 1.82) is 0 Å². The maximum atomic E-state index is 6.15. The molecule has 2 N–H and O–H groups in total. The Kier molecular flexibility index (Phi) is 3.02. The predicted molar refractivity (Wildman–Crippen MR) is 59.2 cm³/mol. The van der Waals surface area contributed by atoms with E-state index in [4.69, 9.17) is 10.5 Å². The molecule has 2 rings (SSSR count). The van der Waals surface area contributed by atoms with Gasteiger partial charge in [-0.15, -0.1) is 0 Å². The van der Waals surface area contributed by atoms with E-state index in [2.05, 4.69) is 11.1 Å². The predicted octanol–water partition coefficient (Wildman–Crippen LogP) is 2.08. The molecular formula is C12H16N2O. The van der Waals surface area contributed by atoms with Crippen molar-refractivity contribution >= 4 is 0 Å². The van der Waals surface area contributed by atoms with Gasteiger partial charge >= 0.3 is 0 Å². The van der Waals surface area contributed by atoms with Crippen LogP contribution in [-0.2, 0) is 4.74 Å². The van der Waals surface area contributed by atoms with Crippen LogP contribution in [0.15, 0.2) is 30.3 Å². The maximum absolute atomic E-state index is 6.15. The van der Waals surface area contributed by atoms with Crippen LogP contribution in [0.4, 0.5) is 0 Å². The fourth-order valence-electron chi connectivity index (χ4n) is 1.78. The van der Waals surface area contributed by atoms with Crippen LogP contribution in [0.25, 0.3) is 0 Å². The van der Waals surface area contributed by atoms with Crippen molar-refractivity contribution in [2.45, 2.75) is 25.8 Å². The van der Waals surface area contributed by atoms with E-state index in [-0.39, 0.29) is 6.04 Å².